The minimum atomic E-state index is -0.212. The number of carbonyl (C=O) groups is 2. The van der Waals surface area contributed by atoms with Crippen LogP contribution in [0.3, 0.4) is 0 Å². The van der Waals surface area contributed by atoms with Gasteiger partial charge in [-0.15, -0.1) is 11.3 Å². The van der Waals surface area contributed by atoms with Gasteiger partial charge in [-0.3, -0.25) is 9.59 Å². The summed E-state index contributed by atoms with van der Waals surface area (Å²) in [5, 5.41) is 4.78. The highest BCUT2D eigenvalue weighted by molar-refractivity contribution is 7.09. The number of rotatable bonds is 10. The van der Waals surface area contributed by atoms with E-state index < -0.39 is 0 Å². The lowest BCUT2D eigenvalue weighted by atomic mass is 10.1. The standard InChI is InChI=1S/C23H30N2O5S/c1-16(2)24-22(26)15-30-20-9-8-17(12-21(20)28-3)23(27)25(13-18-6-4-10-29-18)14-19-7-5-11-31-19/h5,7-9,11-12,16,18H,4,6,10,13-15H2,1-3H3,(H,24,26). The number of nitrogens with zero attached hydrogens (tertiary/aromatic N) is 1. The van der Waals surface area contributed by atoms with E-state index in [4.69, 9.17) is 14.2 Å². The number of amides is 2. The summed E-state index contributed by atoms with van der Waals surface area (Å²) >= 11 is 1.63. The number of ether oxygens (including phenoxy) is 3. The van der Waals surface area contributed by atoms with Crippen molar-refractivity contribution in [2.45, 2.75) is 45.4 Å². The maximum atomic E-state index is 13.3. The Labute approximate surface area is 187 Å². The second kappa shape index (κ2) is 11.2. The normalized spacial score (nSPS) is 15.7. The van der Waals surface area contributed by atoms with Gasteiger partial charge in [0.05, 0.1) is 19.8 Å². The van der Waals surface area contributed by atoms with E-state index in [0.717, 1.165) is 24.3 Å². The van der Waals surface area contributed by atoms with Gasteiger partial charge in [0.15, 0.2) is 18.1 Å². The molecule has 1 aliphatic heterocycles. The Morgan fingerprint density at radius 3 is 2.77 bits per heavy atom. The van der Waals surface area contributed by atoms with E-state index >= 15 is 0 Å². The molecule has 3 rings (SSSR count). The molecule has 1 aromatic carbocycles. The zero-order valence-corrected chi connectivity index (χ0v) is 19.1. The van der Waals surface area contributed by atoms with Crippen LogP contribution >= 0.6 is 11.3 Å². The van der Waals surface area contributed by atoms with Crippen LogP contribution in [0.15, 0.2) is 35.7 Å². The first-order valence-corrected chi connectivity index (χ1v) is 11.4. The molecule has 1 unspecified atom stereocenters. The first kappa shape index (κ1) is 23.1. The first-order valence-electron chi connectivity index (χ1n) is 10.5. The van der Waals surface area contributed by atoms with Crippen molar-refractivity contribution in [1.29, 1.82) is 0 Å². The second-order valence-corrected chi connectivity index (χ2v) is 8.81. The van der Waals surface area contributed by atoms with Crippen LogP contribution in [-0.4, -0.2) is 55.7 Å². The molecule has 1 N–H and O–H groups in total. The molecule has 1 saturated heterocycles. The van der Waals surface area contributed by atoms with Crippen molar-refractivity contribution in [3.8, 4) is 11.5 Å². The average Bonchev–Trinajstić information content (AvgIpc) is 3.45. The summed E-state index contributed by atoms with van der Waals surface area (Å²) in [6.07, 6.45) is 2.05. The van der Waals surface area contributed by atoms with Crippen LogP contribution in [0, 0.1) is 0 Å². The maximum absolute atomic E-state index is 13.3. The number of nitrogens with one attached hydrogen (secondary N) is 1. The Morgan fingerprint density at radius 1 is 1.29 bits per heavy atom. The molecule has 0 radical (unpaired) electrons. The van der Waals surface area contributed by atoms with Crippen LogP contribution in [0.4, 0.5) is 0 Å². The molecule has 8 heteroatoms. The number of hydrogen-bond donors (Lipinski definition) is 1. The third kappa shape index (κ3) is 6.70. The molecule has 1 fully saturated rings. The fourth-order valence-electron chi connectivity index (χ4n) is 3.45. The number of methoxy groups -OCH3 is 1. The molecule has 0 spiro atoms. The summed E-state index contributed by atoms with van der Waals surface area (Å²) in [4.78, 5) is 28.1. The van der Waals surface area contributed by atoms with Crippen LogP contribution in [0.1, 0.15) is 41.9 Å². The molecule has 2 aromatic rings. The molecule has 0 saturated carbocycles. The Balaban J connectivity index is 1.73. The molecule has 0 aliphatic carbocycles. The lowest BCUT2D eigenvalue weighted by molar-refractivity contribution is -0.123. The van der Waals surface area contributed by atoms with Crippen molar-refractivity contribution < 1.29 is 23.8 Å². The van der Waals surface area contributed by atoms with Crippen LogP contribution in [0.2, 0.25) is 0 Å². The lowest BCUT2D eigenvalue weighted by Crippen LogP contribution is -2.36. The smallest absolute Gasteiger partial charge is 0.258 e. The summed E-state index contributed by atoms with van der Waals surface area (Å²) in [5.41, 5.74) is 0.505. The molecule has 2 amide bonds. The molecule has 0 bridgehead atoms. The quantitative estimate of drug-likeness (QED) is 0.605. The van der Waals surface area contributed by atoms with Gasteiger partial charge in [-0.1, -0.05) is 6.07 Å². The van der Waals surface area contributed by atoms with Crippen molar-refractivity contribution in [2.75, 3.05) is 26.9 Å². The molecule has 1 aliphatic rings. The van der Waals surface area contributed by atoms with Crippen LogP contribution in [0.25, 0.3) is 0 Å². The Morgan fingerprint density at radius 2 is 2.13 bits per heavy atom. The van der Waals surface area contributed by atoms with Crippen LogP contribution < -0.4 is 14.8 Å². The fourth-order valence-corrected chi connectivity index (χ4v) is 4.17. The largest absolute Gasteiger partial charge is 0.493 e. The van der Waals surface area contributed by atoms with E-state index in [1.54, 1.807) is 29.5 Å². The fraction of sp³-hybridized carbons (Fsp3) is 0.478. The van der Waals surface area contributed by atoms with Gasteiger partial charge in [-0.05, 0) is 56.3 Å². The van der Waals surface area contributed by atoms with Gasteiger partial charge in [-0.25, -0.2) is 0 Å². The second-order valence-electron chi connectivity index (χ2n) is 7.78. The van der Waals surface area contributed by atoms with Crippen molar-refractivity contribution >= 4 is 23.2 Å². The van der Waals surface area contributed by atoms with Gasteiger partial charge in [0.2, 0.25) is 0 Å². The zero-order chi connectivity index (χ0) is 22.2. The Hall–Kier alpha value is -2.58. The summed E-state index contributed by atoms with van der Waals surface area (Å²) < 4.78 is 16.8. The summed E-state index contributed by atoms with van der Waals surface area (Å²) in [6, 6.07) is 9.09. The van der Waals surface area contributed by atoms with E-state index in [1.807, 2.05) is 36.3 Å². The summed E-state index contributed by atoms with van der Waals surface area (Å²) in [6.45, 7) is 5.48. The highest BCUT2D eigenvalue weighted by Gasteiger charge is 2.25. The van der Waals surface area contributed by atoms with Gasteiger partial charge in [0.1, 0.15) is 0 Å². The SMILES string of the molecule is COc1cc(C(=O)N(Cc2cccs2)CC2CCCO2)ccc1OCC(=O)NC(C)C. The van der Waals surface area contributed by atoms with Crippen molar-refractivity contribution in [1.82, 2.24) is 10.2 Å². The Kier molecular flexibility index (Phi) is 8.31. The lowest BCUT2D eigenvalue weighted by Gasteiger charge is -2.25. The van der Waals surface area contributed by atoms with E-state index in [9.17, 15) is 9.59 Å². The Bertz CT molecular complexity index is 863. The first-order chi connectivity index (χ1) is 15.0. The van der Waals surface area contributed by atoms with Crippen LogP contribution in [-0.2, 0) is 16.1 Å². The maximum Gasteiger partial charge on any atom is 0.258 e. The number of thiophene rings is 1. The minimum Gasteiger partial charge on any atom is -0.493 e. The molecule has 7 nitrogen and oxygen atoms in total. The topological polar surface area (TPSA) is 77.1 Å². The molecule has 2 heterocycles. The van der Waals surface area contributed by atoms with Crippen LogP contribution in [0.5, 0.6) is 11.5 Å². The predicted molar refractivity (Wildman–Crippen MR) is 120 cm³/mol. The van der Waals surface area contributed by atoms with Crippen molar-refractivity contribution in [2.24, 2.45) is 0 Å². The van der Waals surface area contributed by atoms with Gasteiger partial charge >= 0.3 is 0 Å². The predicted octanol–water partition coefficient (Wildman–Crippen LogP) is 3.48. The monoisotopic (exact) mass is 446 g/mol. The molecule has 1 aromatic heterocycles. The molecule has 1 atom stereocenters. The van der Waals surface area contributed by atoms with Gasteiger partial charge in [0, 0.05) is 29.6 Å². The van der Waals surface area contributed by atoms with Gasteiger partial charge in [0.25, 0.3) is 11.8 Å². The highest BCUT2D eigenvalue weighted by atomic mass is 32.1. The highest BCUT2D eigenvalue weighted by Crippen LogP contribution is 2.29. The van der Waals surface area contributed by atoms with Gasteiger partial charge < -0.3 is 24.4 Å². The van der Waals surface area contributed by atoms with E-state index in [2.05, 4.69) is 5.32 Å². The number of carbonyl (C=O) groups excluding carboxylic acids is 2. The number of hydrogen-bond acceptors (Lipinski definition) is 6. The summed E-state index contributed by atoms with van der Waals surface area (Å²) in [7, 11) is 1.51. The third-order valence-corrected chi connectivity index (χ3v) is 5.74. The molecular formula is C23H30N2O5S. The van der Waals surface area contributed by atoms with E-state index in [1.165, 1.54) is 7.11 Å². The summed E-state index contributed by atoms with van der Waals surface area (Å²) in [5.74, 6) is 0.528. The minimum absolute atomic E-state index is 0.0381. The van der Waals surface area contributed by atoms with Crippen molar-refractivity contribution in [3.05, 3.63) is 46.2 Å². The number of benzene rings is 1. The molecule has 31 heavy (non-hydrogen) atoms. The molecular weight excluding hydrogens is 416 g/mol. The average molecular weight is 447 g/mol. The van der Waals surface area contributed by atoms with E-state index in [0.29, 0.717) is 30.2 Å². The van der Waals surface area contributed by atoms with E-state index in [-0.39, 0.29) is 30.6 Å². The molecule has 168 valence electrons. The third-order valence-electron chi connectivity index (χ3n) is 4.88. The van der Waals surface area contributed by atoms with Crippen molar-refractivity contribution in [3.63, 3.8) is 0 Å². The zero-order valence-electron chi connectivity index (χ0n) is 18.3. The van der Waals surface area contributed by atoms with Gasteiger partial charge in [-0.2, -0.15) is 0 Å².